The van der Waals surface area contributed by atoms with Gasteiger partial charge in [-0.1, -0.05) is 32.9 Å². The van der Waals surface area contributed by atoms with Crippen molar-refractivity contribution < 1.29 is 42.9 Å². The Labute approximate surface area is 262 Å². The molecule has 2 unspecified atom stereocenters. The molecule has 1 aliphatic carbocycles. The van der Waals surface area contributed by atoms with Gasteiger partial charge < -0.3 is 29.6 Å². The standard InChI is InChI=1S/C33H41N3O9/c1-8-19(3)27(36-32(41)45-33(4,5)6)30(39)43-18-44-31(40)28-23(12-13-25(35-28)29(38)34-16-20-10-11-20)24-15-26(42-7)21(9-2)14-22(24)17-37/h9,12-15,17,19-20,27H,2,8,10-11,16,18H2,1,3-7H3,(H,34,38)(H,36,41). The summed E-state index contributed by atoms with van der Waals surface area (Å²) in [5, 5.41) is 5.32. The number of ether oxygens (including phenoxy) is 4. The van der Waals surface area contributed by atoms with E-state index in [0.29, 0.717) is 42.0 Å². The van der Waals surface area contributed by atoms with Crippen molar-refractivity contribution in [2.24, 2.45) is 11.8 Å². The fourth-order valence-corrected chi connectivity index (χ4v) is 4.29. The van der Waals surface area contributed by atoms with Gasteiger partial charge in [0.25, 0.3) is 5.91 Å². The third kappa shape index (κ3) is 9.62. The van der Waals surface area contributed by atoms with Crippen LogP contribution in [0.4, 0.5) is 4.79 Å². The number of hydrogen-bond donors (Lipinski definition) is 2. The molecular formula is C33H41N3O9. The van der Waals surface area contributed by atoms with Crippen LogP contribution in [0.3, 0.4) is 0 Å². The van der Waals surface area contributed by atoms with E-state index in [4.69, 9.17) is 18.9 Å². The monoisotopic (exact) mass is 623 g/mol. The number of rotatable bonds is 14. The minimum absolute atomic E-state index is 0.0379. The minimum Gasteiger partial charge on any atom is -0.496 e. The molecule has 1 aromatic carbocycles. The van der Waals surface area contributed by atoms with Gasteiger partial charge in [0.2, 0.25) is 6.79 Å². The summed E-state index contributed by atoms with van der Waals surface area (Å²) in [5.41, 5.74) is 0.147. The number of hydrogen-bond acceptors (Lipinski definition) is 10. The van der Waals surface area contributed by atoms with Crippen LogP contribution in [-0.2, 0) is 19.0 Å². The Morgan fingerprint density at radius 3 is 2.38 bits per heavy atom. The van der Waals surface area contributed by atoms with Gasteiger partial charge in [0.1, 0.15) is 23.1 Å². The molecule has 0 bridgehead atoms. The van der Waals surface area contributed by atoms with Crippen molar-refractivity contribution in [2.75, 3.05) is 20.4 Å². The summed E-state index contributed by atoms with van der Waals surface area (Å²) < 4.78 is 21.2. The average molecular weight is 624 g/mol. The molecule has 45 heavy (non-hydrogen) atoms. The Bertz CT molecular complexity index is 1440. The maximum atomic E-state index is 13.4. The van der Waals surface area contributed by atoms with Crippen molar-refractivity contribution in [3.63, 3.8) is 0 Å². The summed E-state index contributed by atoms with van der Waals surface area (Å²) in [6.45, 7) is 12.1. The van der Waals surface area contributed by atoms with Crippen LogP contribution in [0.5, 0.6) is 5.75 Å². The van der Waals surface area contributed by atoms with Gasteiger partial charge in [0.15, 0.2) is 12.0 Å². The summed E-state index contributed by atoms with van der Waals surface area (Å²) >= 11 is 0. The Balaban J connectivity index is 1.87. The van der Waals surface area contributed by atoms with Crippen LogP contribution in [-0.4, -0.2) is 67.3 Å². The smallest absolute Gasteiger partial charge is 0.408 e. The Hall–Kier alpha value is -4.74. The van der Waals surface area contributed by atoms with Crippen molar-refractivity contribution in [1.82, 2.24) is 15.6 Å². The fraction of sp³-hybridized carbons (Fsp3) is 0.455. The lowest BCUT2D eigenvalue weighted by Crippen LogP contribution is -2.47. The molecule has 2 amide bonds. The number of benzene rings is 1. The fourth-order valence-electron chi connectivity index (χ4n) is 4.29. The second kappa shape index (κ2) is 15.3. The minimum atomic E-state index is -1.07. The Morgan fingerprint density at radius 2 is 1.80 bits per heavy atom. The lowest BCUT2D eigenvalue weighted by Gasteiger charge is -2.25. The first kappa shape index (κ1) is 34.7. The number of pyridine rings is 1. The van der Waals surface area contributed by atoms with Crippen LogP contribution in [0.25, 0.3) is 17.2 Å². The molecule has 1 aromatic heterocycles. The first-order valence-electron chi connectivity index (χ1n) is 14.7. The lowest BCUT2D eigenvalue weighted by atomic mass is 9.95. The van der Waals surface area contributed by atoms with Crippen LogP contribution in [0.1, 0.15) is 90.8 Å². The second-order valence-corrected chi connectivity index (χ2v) is 11.8. The van der Waals surface area contributed by atoms with E-state index >= 15 is 0 Å². The summed E-state index contributed by atoms with van der Waals surface area (Å²) in [6.07, 6.45) is 3.94. The molecular weight excluding hydrogens is 582 g/mol. The SMILES string of the molecule is C=Cc1cc(C=O)c(-c2ccc(C(=O)NCC3CC3)nc2C(=O)OCOC(=O)C(NC(=O)OC(C)(C)C)C(C)CC)cc1OC. The number of nitrogens with zero attached hydrogens (tertiary/aromatic N) is 1. The second-order valence-electron chi connectivity index (χ2n) is 11.8. The van der Waals surface area contributed by atoms with Gasteiger partial charge >= 0.3 is 18.0 Å². The first-order valence-corrected chi connectivity index (χ1v) is 14.7. The number of carbonyl (C=O) groups is 5. The van der Waals surface area contributed by atoms with E-state index in [2.05, 4.69) is 22.2 Å². The third-order valence-corrected chi connectivity index (χ3v) is 7.14. The number of aromatic nitrogens is 1. The summed E-state index contributed by atoms with van der Waals surface area (Å²) in [7, 11) is 1.45. The number of alkyl carbamates (subject to hydrolysis) is 1. The van der Waals surface area contributed by atoms with Crippen LogP contribution < -0.4 is 15.4 Å². The van der Waals surface area contributed by atoms with Gasteiger partial charge in [0.05, 0.1) is 7.11 Å². The van der Waals surface area contributed by atoms with Crippen molar-refractivity contribution in [1.29, 1.82) is 0 Å². The van der Waals surface area contributed by atoms with Gasteiger partial charge in [-0.2, -0.15) is 0 Å². The first-order chi connectivity index (χ1) is 21.3. The maximum Gasteiger partial charge on any atom is 0.408 e. The molecule has 12 heteroatoms. The Kier molecular flexibility index (Phi) is 11.8. The highest BCUT2D eigenvalue weighted by atomic mass is 16.7. The number of esters is 2. The van der Waals surface area contributed by atoms with Crippen LogP contribution in [0, 0.1) is 11.8 Å². The number of aldehydes is 1. The number of methoxy groups -OCH3 is 1. The molecule has 2 aromatic rings. The predicted molar refractivity (Wildman–Crippen MR) is 166 cm³/mol. The van der Waals surface area contributed by atoms with E-state index in [1.807, 2.05) is 6.92 Å². The van der Waals surface area contributed by atoms with E-state index in [-0.39, 0.29) is 28.4 Å². The molecule has 1 heterocycles. The number of amides is 2. The highest BCUT2D eigenvalue weighted by molar-refractivity contribution is 6.01. The van der Waals surface area contributed by atoms with E-state index in [9.17, 15) is 24.0 Å². The van der Waals surface area contributed by atoms with Gasteiger partial charge in [-0.15, -0.1) is 0 Å². The topological polar surface area (TPSA) is 159 Å². The number of carbonyl (C=O) groups excluding carboxylic acids is 5. The average Bonchev–Trinajstić information content (AvgIpc) is 3.84. The molecule has 1 saturated carbocycles. The van der Waals surface area contributed by atoms with Crippen molar-refractivity contribution in [3.05, 3.63) is 53.4 Å². The van der Waals surface area contributed by atoms with Gasteiger partial charge in [-0.25, -0.2) is 19.4 Å². The molecule has 0 spiro atoms. The Morgan fingerprint density at radius 1 is 1.09 bits per heavy atom. The third-order valence-electron chi connectivity index (χ3n) is 7.14. The van der Waals surface area contributed by atoms with E-state index in [0.717, 1.165) is 12.8 Å². The van der Waals surface area contributed by atoms with Crippen molar-refractivity contribution >= 4 is 36.3 Å². The lowest BCUT2D eigenvalue weighted by molar-refractivity contribution is -0.156. The predicted octanol–water partition coefficient (Wildman–Crippen LogP) is 4.95. The molecule has 0 radical (unpaired) electrons. The molecule has 2 N–H and O–H groups in total. The van der Waals surface area contributed by atoms with Gasteiger partial charge in [0, 0.05) is 23.2 Å². The quantitative estimate of drug-likeness (QED) is 0.167. The molecule has 12 nitrogen and oxygen atoms in total. The van der Waals surface area contributed by atoms with Crippen LogP contribution >= 0.6 is 0 Å². The van der Waals surface area contributed by atoms with Gasteiger partial charge in [-0.3, -0.25) is 9.59 Å². The zero-order valence-corrected chi connectivity index (χ0v) is 26.6. The van der Waals surface area contributed by atoms with E-state index < -0.39 is 42.4 Å². The van der Waals surface area contributed by atoms with Crippen molar-refractivity contribution in [3.8, 4) is 16.9 Å². The van der Waals surface area contributed by atoms with E-state index in [1.54, 1.807) is 39.8 Å². The maximum absolute atomic E-state index is 13.4. The molecule has 1 aliphatic rings. The highest BCUT2D eigenvalue weighted by Crippen LogP contribution is 2.33. The van der Waals surface area contributed by atoms with Crippen LogP contribution in [0.15, 0.2) is 30.8 Å². The molecule has 3 rings (SSSR count). The summed E-state index contributed by atoms with van der Waals surface area (Å²) in [5.74, 6) is -1.85. The molecule has 2 atom stereocenters. The normalized spacial score (nSPS) is 13.9. The van der Waals surface area contributed by atoms with Crippen molar-refractivity contribution in [2.45, 2.75) is 65.5 Å². The number of nitrogens with one attached hydrogen (secondary N) is 2. The molecule has 242 valence electrons. The zero-order chi connectivity index (χ0) is 33.3. The zero-order valence-electron chi connectivity index (χ0n) is 26.6. The van der Waals surface area contributed by atoms with Gasteiger partial charge in [-0.05, 0) is 75.3 Å². The molecule has 0 aliphatic heterocycles. The summed E-state index contributed by atoms with van der Waals surface area (Å²) in [4.78, 5) is 67.8. The van der Waals surface area contributed by atoms with E-state index in [1.165, 1.54) is 25.3 Å². The summed E-state index contributed by atoms with van der Waals surface area (Å²) in [6, 6.07) is 4.97. The largest absolute Gasteiger partial charge is 0.496 e. The molecule has 0 saturated heterocycles. The van der Waals surface area contributed by atoms with Crippen LogP contribution in [0.2, 0.25) is 0 Å². The highest BCUT2D eigenvalue weighted by Gasteiger charge is 2.30. The molecule has 1 fully saturated rings.